The Kier molecular flexibility index (Phi) is 3.26. The van der Waals surface area contributed by atoms with E-state index >= 15 is 0 Å². The van der Waals surface area contributed by atoms with Crippen LogP contribution in [0.1, 0.15) is 23.2 Å². The van der Waals surface area contributed by atoms with Gasteiger partial charge in [0, 0.05) is 6.54 Å². The van der Waals surface area contributed by atoms with Crippen LogP contribution >= 0.6 is 11.6 Å². The normalized spacial score (nSPS) is 16.1. The first-order valence-electron chi connectivity index (χ1n) is 5.42. The highest BCUT2D eigenvalue weighted by Crippen LogP contribution is 2.45. The number of carbonyl (C=O) groups excluding carboxylic acids is 1. The van der Waals surface area contributed by atoms with Crippen LogP contribution in [0.2, 0.25) is 5.02 Å². The summed E-state index contributed by atoms with van der Waals surface area (Å²) in [5.41, 5.74) is -0.840. The van der Waals surface area contributed by atoms with Crippen LogP contribution in [-0.4, -0.2) is 23.5 Å². The van der Waals surface area contributed by atoms with Gasteiger partial charge in [0.25, 0.3) is 5.91 Å². The van der Waals surface area contributed by atoms with E-state index in [0.717, 1.165) is 6.07 Å². The van der Waals surface area contributed by atoms with Crippen molar-refractivity contribution in [1.29, 1.82) is 0 Å². The van der Waals surface area contributed by atoms with Gasteiger partial charge in [-0.3, -0.25) is 9.59 Å². The Balaban J connectivity index is 2.05. The standard InChI is InChI=1S/C12H11ClFNO3/c13-9-7(2-1-3-8(9)14)10(16)15-6-12(4-5-12)11(17)18/h1-3H,4-6H2,(H,15,16)(H,17,18). The lowest BCUT2D eigenvalue weighted by Gasteiger charge is -2.11. The summed E-state index contributed by atoms with van der Waals surface area (Å²) in [5, 5.41) is 11.2. The molecule has 6 heteroatoms. The first-order valence-corrected chi connectivity index (χ1v) is 5.80. The lowest BCUT2D eigenvalue weighted by molar-refractivity contribution is -0.143. The maximum Gasteiger partial charge on any atom is 0.311 e. The highest BCUT2D eigenvalue weighted by molar-refractivity contribution is 6.34. The lowest BCUT2D eigenvalue weighted by atomic mass is 10.1. The second-order valence-corrected chi connectivity index (χ2v) is 4.75. The zero-order valence-electron chi connectivity index (χ0n) is 9.37. The topological polar surface area (TPSA) is 66.4 Å². The van der Waals surface area contributed by atoms with Gasteiger partial charge in [-0.05, 0) is 25.0 Å². The number of carboxylic acid groups (broad SMARTS) is 1. The molecule has 0 saturated heterocycles. The maximum absolute atomic E-state index is 13.1. The summed E-state index contributed by atoms with van der Waals surface area (Å²) < 4.78 is 13.1. The number of carboxylic acids is 1. The summed E-state index contributed by atoms with van der Waals surface area (Å²) in [7, 11) is 0. The SMILES string of the molecule is O=C(NCC1(C(=O)O)CC1)c1cccc(F)c1Cl. The van der Waals surface area contributed by atoms with Crippen LogP contribution < -0.4 is 5.32 Å². The van der Waals surface area contributed by atoms with Crippen LogP contribution in [-0.2, 0) is 4.79 Å². The molecule has 0 radical (unpaired) electrons. The summed E-state index contributed by atoms with van der Waals surface area (Å²) in [4.78, 5) is 22.7. The molecule has 1 aliphatic rings. The lowest BCUT2D eigenvalue weighted by Crippen LogP contribution is -2.34. The van der Waals surface area contributed by atoms with Crippen molar-refractivity contribution in [3.63, 3.8) is 0 Å². The van der Waals surface area contributed by atoms with E-state index in [4.69, 9.17) is 16.7 Å². The first kappa shape index (κ1) is 12.8. The number of rotatable bonds is 4. The molecule has 1 aromatic rings. The van der Waals surface area contributed by atoms with Crippen molar-refractivity contribution in [3.8, 4) is 0 Å². The Bertz CT molecular complexity index is 514. The van der Waals surface area contributed by atoms with Gasteiger partial charge in [-0.2, -0.15) is 0 Å². The van der Waals surface area contributed by atoms with Crippen molar-refractivity contribution in [1.82, 2.24) is 5.32 Å². The zero-order chi connectivity index (χ0) is 13.3. The van der Waals surface area contributed by atoms with Crippen LogP contribution in [0, 0.1) is 11.2 Å². The summed E-state index contributed by atoms with van der Waals surface area (Å²) in [6, 6.07) is 3.92. The van der Waals surface area contributed by atoms with Gasteiger partial charge < -0.3 is 10.4 Å². The number of halogens is 2. The zero-order valence-corrected chi connectivity index (χ0v) is 10.1. The first-order chi connectivity index (χ1) is 8.46. The molecule has 18 heavy (non-hydrogen) atoms. The number of carbonyl (C=O) groups is 2. The van der Waals surface area contributed by atoms with Crippen LogP contribution in [0.3, 0.4) is 0 Å². The Morgan fingerprint density at radius 2 is 2.11 bits per heavy atom. The van der Waals surface area contributed by atoms with Crippen molar-refractivity contribution in [3.05, 3.63) is 34.6 Å². The van der Waals surface area contributed by atoms with Crippen molar-refractivity contribution in [2.24, 2.45) is 5.41 Å². The van der Waals surface area contributed by atoms with E-state index in [0.29, 0.717) is 12.8 Å². The molecule has 0 aliphatic heterocycles. The third-order valence-electron chi connectivity index (χ3n) is 3.09. The Labute approximate surface area is 108 Å². The number of hydrogen-bond acceptors (Lipinski definition) is 2. The molecular weight excluding hydrogens is 261 g/mol. The summed E-state index contributed by atoms with van der Waals surface area (Å²) in [6.07, 6.45) is 1.08. The minimum Gasteiger partial charge on any atom is -0.481 e. The van der Waals surface area contributed by atoms with Gasteiger partial charge in [0.15, 0.2) is 0 Å². The molecule has 1 saturated carbocycles. The fourth-order valence-corrected chi connectivity index (χ4v) is 1.85. The molecule has 2 N–H and O–H groups in total. The molecule has 0 heterocycles. The molecule has 4 nitrogen and oxygen atoms in total. The van der Waals surface area contributed by atoms with E-state index < -0.39 is 23.1 Å². The molecule has 1 aromatic carbocycles. The van der Waals surface area contributed by atoms with Gasteiger partial charge in [0.1, 0.15) is 5.82 Å². The molecular formula is C12H11ClFNO3. The van der Waals surface area contributed by atoms with Gasteiger partial charge in [0.05, 0.1) is 16.0 Å². The molecule has 96 valence electrons. The number of hydrogen-bond donors (Lipinski definition) is 2. The van der Waals surface area contributed by atoms with E-state index in [1.165, 1.54) is 12.1 Å². The Morgan fingerprint density at radius 3 is 2.67 bits per heavy atom. The van der Waals surface area contributed by atoms with Gasteiger partial charge in [-0.15, -0.1) is 0 Å². The fraction of sp³-hybridized carbons (Fsp3) is 0.333. The van der Waals surface area contributed by atoms with Crippen LogP contribution in [0.4, 0.5) is 4.39 Å². The van der Waals surface area contributed by atoms with Crippen molar-refractivity contribution in [2.75, 3.05) is 6.54 Å². The molecule has 0 aromatic heterocycles. The largest absolute Gasteiger partial charge is 0.481 e. The highest BCUT2D eigenvalue weighted by Gasteiger charge is 2.50. The van der Waals surface area contributed by atoms with Crippen molar-refractivity contribution < 1.29 is 19.1 Å². The smallest absolute Gasteiger partial charge is 0.311 e. The molecule has 0 spiro atoms. The van der Waals surface area contributed by atoms with E-state index in [1.807, 2.05) is 0 Å². The quantitative estimate of drug-likeness (QED) is 0.881. The average Bonchev–Trinajstić information content (AvgIpc) is 3.11. The monoisotopic (exact) mass is 271 g/mol. The average molecular weight is 272 g/mol. The molecule has 1 amide bonds. The summed E-state index contributed by atoms with van der Waals surface area (Å²) >= 11 is 5.66. The molecule has 0 unspecified atom stereocenters. The maximum atomic E-state index is 13.1. The minimum atomic E-state index is -0.923. The minimum absolute atomic E-state index is 0.0119. The molecule has 1 aliphatic carbocycles. The third kappa shape index (κ3) is 2.31. The van der Waals surface area contributed by atoms with Crippen molar-refractivity contribution in [2.45, 2.75) is 12.8 Å². The van der Waals surface area contributed by atoms with Gasteiger partial charge in [0.2, 0.25) is 0 Å². The third-order valence-corrected chi connectivity index (χ3v) is 3.47. The Morgan fingerprint density at radius 1 is 1.44 bits per heavy atom. The van der Waals surface area contributed by atoms with E-state index in [-0.39, 0.29) is 17.1 Å². The number of benzene rings is 1. The van der Waals surface area contributed by atoms with E-state index in [9.17, 15) is 14.0 Å². The summed E-state index contributed by atoms with van der Waals surface area (Å²) in [6.45, 7) is 0.0357. The molecule has 2 rings (SSSR count). The second-order valence-electron chi connectivity index (χ2n) is 4.37. The van der Waals surface area contributed by atoms with Gasteiger partial charge in [-0.25, -0.2) is 4.39 Å². The number of amides is 1. The van der Waals surface area contributed by atoms with Gasteiger partial charge in [-0.1, -0.05) is 17.7 Å². The fourth-order valence-electron chi connectivity index (χ4n) is 1.64. The highest BCUT2D eigenvalue weighted by atomic mass is 35.5. The second kappa shape index (κ2) is 4.57. The number of aliphatic carboxylic acids is 1. The van der Waals surface area contributed by atoms with Crippen LogP contribution in [0.5, 0.6) is 0 Å². The predicted octanol–water partition coefficient (Wildman–Crippen LogP) is 2.07. The van der Waals surface area contributed by atoms with Crippen molar-refractivity contribution >= 4 is 23.5 Å². The summed E-state index contributed by atoms with van der Waals surface area (Å²) in [5.74, 6) is -2.16. The van der Waals surface area contributed by atoms with E-state index in [1.54, 1.807) is 0 Å². The Hall–Kier alpha value is -1.62. The van der Waals surface area contributed by atoms with Crippen LogP contribution in [0.15, 0.2) is 18.2 Å². The van der Waals surface area contributed by atoms with E-state index in [2.05, 4.69) is 5.32 Å². The molecule has 0 atom stereocenters. The van der Waals surface area contributed by atoms with Crippen LogP contribution in [0.25, 0.3) is 0 Å². The number of nitrogens with one attached hydrogen (secondary N) is 1. The van der Waals surface area contributed by atoms with Gasteiger partial charge >= 0.3 is 5.97 Å². The molecule has 0 bridgehead atoms. The molecule has 1 fully saturated rings. The predicted molar refractivity (Wildman–Crippen MR) is 63.0 cm³/mol.